The molecular formula is C12H12Br2N2O2S2. The molecule has 0 bridgehead atoms. The van der Waals surface area contributed by atoms with Crippen molar-refractivity contribution in [1.29, 1.82) is 0 Å². The van der Waals surface area contributed by atoms with Gasteiger partial charge >= 0.3 is 0 Å². The van der Waals surface area contributed by atoms with Crippen LogP contribution in [0.5, 0.6) is 0 Å². The molecule has 1 aromatic heterocycles. The van der Waals surface area contributed by atoms with E-state index in [1.165, 1.54) is 11.3 Å². The van der Waals surface area contributed by atoms with E-state index in [-0.39, 0.29) is 11.4 Å². The van der Waals surface area contributed by atoms with Gasteiger partial charge in [-0.2, -0.15) is 0 Å². The molecule has 0 spiro atoms. The van der Waals surface area contributed by atoms with Crippen molar-refractivity contribution in [3.63, 3.8) is 0 Å². The second kappa shape index (κ2) is 6.65. The predicted molar refractivity (Wildman–Crippen MR) is 87.4 cm³/mol. The van der Waals surface area contributed by atoms with Crippen molar-refractivity contribution in [2.75, 3.05) is 0 Å². The normalized spacial score (nSPS) is 11.8. The van der Waals surface area contributed by atoms with Crippen molar-refractivity contribution in [1.82, 2.24) is 9.71 Å². The van der Waals surface area contributed by atoms with Crippen LogP contribution >= 0.6 is 43.2 Å². The monoisotopic (exact) mass is 438 g/mol. The minimum Gasteiger partial charge on any atom is -0.248 e. The molecule has 0 aliphatic heterocycles. The van der Waals surface area contributed by atoms with Crippen LogP contribution in [0.15, 0.2) is 38.2 Å². The summed E-state index contributed by atoms with van der Waals surface area (Å²) in [4.78, 5) is 5.54. The summed E-state index contributed by atoms with van der Waals surface area (Å²) in [6, 6.07) is 5.03. The number of nitrogens with one attached hydrogen (secondary N) is 1. The van der Waals surface area contributed by atoms with E-state index in [4.69, 9.17) is 0 Å². The lowest BCUT2D eigenvalue weighted by atomic mass is 10.4. The molecular weight excluding hydrogens is 428 g/mol. The van der Waals surface area contributed by atoms with Crippen LogP contribution in [0.1, 0.15) is 16.8 Å². The Balaban J connectivity index is 2.17. The molecule has 0 saturated heterocycles. The van der Waals surface area contributed by atoms with Crippen molar-refractivity contribution in [2.24, 2.45) is 0 Å². The fourth-order valence-corrected chi connectivity index (χ4v) is 4.89. The number of aromatic nitrogens is 1. The van der Waals surface area contributed by atoms with Crippen LogP contribution in [0.3, 0.4) is 0 Å². The molecule has 2 rings (SSSR count). The van der Waals surface area contributed by atoms with Crippen molar-refractivity contribution in [2.45, 2.75) is 24.8 Å². The largest absolute Gasteiger partial charge is 0.248 e. The molecule has 0 amide bonds. The lowest BCUT2D eigenvalue weighted by Crippen LogP contribution is -2.23. The van der Waals surface area contributed by atoms with E-state index in [1.807, 2.05) is 6.92 Å². The molecule has 0 fully saturated rings. The zero-order chi connectivity index (χ0) is 14.8. The third-order valence-corrected chi connectivity index (χ3v) is 6.58. The lowest BCUT2D eigenvalue weighted by Gasteiger charge is -2.07. The first-order valence-electron chi connectivity index (χ1n) is 5.80. The summed E-state index contributed by atoms with van der Waals surface area (Å²) in [5.41, 5.74) is 0. The van der Waals surface area contributed by atoms with Gasteiger partial charge in [0.1, 0.15) is 5.01 Å². The summed E-state index contributed by atoms with van der Waals surface area (Å²) >= 11 is 8.05. The van der Waals surface area contributed by atoms with Gasteiger partial charge in [-0.1, -0.05) is 22.9 Å². The number of nitrogens with zero attached hydrogens (tertiary/aromatic N) is 1. The molecule has 0 atom stereocenters. The number of hydrogen-bond acceptors (Lipinski definition) is 4. The molecule has 108 valence electrons. The first kappa shape index (κ1) is 16.1. The van der Waals surface area contributed by atoms with Gasteiger partial charge in [0, 0.05) is 20.0 Å². The summed E-state index contributed by atoms with van der Waals surface area (Å²) in [6.07, 6.45) is 2.69. The fourth-order valence-electron chi connectivity index (χ4n) is 1.51. The number of sulfonamides is 1. The zero-order valence-corrected chi connectivity index (χ0v) is 15.4. The highest BCUT2D eigenvalue weighted by Gasteiger charge is 2.18. The fraction of sp³-hybridized carbons (Fsp3) is 0.250. The summed E-state index contributed by atoms with van der Waals surface area (Å²) in [7, 11) is -3.57. The van der Waals surface area contributed by atoms with Gasteiger partial charge in [-0.25, -0.2) is 18.1 Å². The number of halogens is 2. The van der Waals surface area contributed by atoms with Gasteiger partial charge in [-0.05, 0) is 40.5 Å². The lowest BCUT2D eigenvalue weighted by molar-refractivity contribution is 0.580. The summed E-state index contributed by atoms with van der Waals surface area (Å²) in [5.74, 6) is 0. The van der Waals surface area contributed by atoms with Crippen LogP contribution in [0, 0.1) is 0 Å². The minimum absolute atomic E-state index is 0.200. The van der Waals surface area contributed by atoms with Gasteiger partial charge < -0.3 is 0 Å². The highest BCUT2D eigenvalue weighted by molar-refractivity contribution is 9.11. The zero-order valence-electron chi connectivity index (χ0n) is 10.6. The van der Waals surface area contributed by atoms with Crippen LogP contribution in [0.25, 0.3) is 0 Å². The van der Waals surface area contributed by atoms with Crippen molar-refractivity contribution in [3.8, 4) is 0 Å². The maximum atomic E-state index is 12.3. The van der Waals surface area contributed by atoms with Crippen molar-refractivity contribution >= 4 is 53.2 Å². The standard InChI is InChI=1S/C12H12Br2N2O2S2/c1-2-9-6-15-12(19-9)7-16-20(17,18)11-5-8(13)3-4-10(11)14/h3-6,16H,2,7H2,1H3. The van der Waals surface area contributed by atoms with Gasteiger partial charge in [0.05, 0.1) is 11.4 Å². The Bertz CT molecular complexity index is 714. The van der Waals surface area contributed by atoms with E-state index in [1.54, 1.807) is 24.4 Å². The number of thiazole rings is 1. The Hall–Kier alpha value is -0.280. The Morgan fingerprint density at radius 3 is 2.75 bits per heavy atom. The molecule has 1 N–H and O–H groups in total. The Kier molecular flexibility index (Phi) is 5.36. The Labute approximate surface area is 138 Å². The van der Waals surface area contributed by atoms with E-state index >= 15 is 0 Å². The van der Waals surface area contributed by atoms with E-state index < -0.39 is 10.0 Å². The van der Waals surface area contributed by atoms with E-state index in [2.05, 4.69) is 41.6 Å². The maximum absolute atomic E-state index is 12.3. The topological polar surface area (TPSA) is 59.1 Å². The summed E-state index contributed by atoms with van der Waals surface area (Å²) in [5, 5.41) is 0.761. The van der Waals surface area contributed by atoms with Crippen LogP contribution in [-0.2, 0) is 23.0 Å². The minimum atomic E-state index is -3.57. The van der Waals surface area contributed by atoms with Crippen LogP contribution in [-0.4, -0.2) is 13.4 Å². The number of rotatable bonds is 5. The van der Waals surface area contributed by atoms with E-state index in [0.29, 0.717) is 8.95 Å². The Morgan fingerprint density at radius 1 is 1.35 bits per heavy atom. The van der Waals surface area contributed by atoms with Crippen LogP contribution in [0.4, 0.5) is 0 Å². The smallest absolute Gasteiger partial charge is 0.242 e. The molecule has 0 radical (unpaired) electrons. The molecule has 2 aromatic rings. The first-order valence-corrected chi connectivity index (χ1v) is 9.69. The van der Waals surface area contributed by atoms with Gasteiger partial charge in [0.2, 0.25) is 10.0 Å². The second-order valence-corrected chi connectivity index (χ2v) is 8.68. The molecule has 0 unspecified atom stereocenters. The van der Waals surface area contributed by atoms with E-state index in [9.17, 15) is 8.42 Å². The molecule has 1 heterocycles. The SMILES string of the molecule is CCc1cnc(CNS(=O)(=O)c2cc(Br)ccc2Br)s1. The summed E-state index contributed by atoms with van der Waals surface area (Å²) in [6.45, 7) is 2.24. The van der Waals surface area contributed by atoms with E-state index in [0.717, 1.165) is 16.3 Å². The quantitative estimate of drug-likeness (QED) is 0.772. The van der Waals surface area contributed by atoms with Crippen LogP contribution < -0.4 is 4.72 Å². The Morgan fingerprint density at radius 2 is 2.10 bits per heavy atom. The summed E-state index contributed by atoms with van der Waals surface area (Å²) < 4.78 is 28.3. The maximum Gasteiger partial charge on any atom is 0.242 e. The molecule has 20 heavy (non-hydrogen) atoms. The third-order valence-electron chi connectivity index (χ3n) is 2.55. The molecule has 0 aliphatic rings. The second-order valence-electron chi connectivity index (χ2n) is 3.97. The molecule has 4 nitrogen and oxygen atoms in total. The highest BCUT2D eigenvalue weighted by atomic mass is 79.9. The van der Waals surface area contributed by atoms with Crippen molar-refractivity contribution < 1.29 is 8.42 Å². The third kappa shape index (κ3) is 3.88. The number of hydrogen-bond donors (Lipinski definition) is 1. The predicted octanol–water partition coefficient (Wildman–Crippen LogP) is 3.71. The number of benzene rings is 1. The highest BCUT2D eigenvalue weighted by Crippen LogP contribution is 2.25. The molecule has 8 heteroatoms. The van der Waals surface area contributed by atoms with Gasteiger partial charge in [0.15, 0.2) is 0 Å². The molecule has 0 aliphatic carbocycles. The van der Waals surface area contributed by atoms with Gasteiger partial charge in [0.25, 0.3) is 0 Å². The average Bonchev–Trinajstić information content (AvgIpc) is 2.87. The first-order chi connectivity index (χ1) is 9.42. The molecule has 1 aromatic carbocycles. The van der Waals surface area contributed by atoms with Crippen LogP contribution in [0.2, 0.25) is 0 Å². The van der Waals surface area contributed by atoms with Gasteiger partial charge in [-0.3, -0.25) is 0 Å². The number of aryl methyl sites for hydroxylation is 1. The van der Waals surface area contributed by atoms with Gasteiger partial charge in [-0.15, -0.1) is 11.3 Å². The average molecular weight is 440 g/mol. The molecule has 0 saturated carbocycles. The van der Waals surface area contributed by atoms with Crippen molar-refractivity contribution in [3.05, 3.63) is 43.2 Å².